The lowest BCUT2D eigenvalue weighted by atomic mass is 10.1. The number of ether oxygens (including phenoxy) is 1. The first-order valence-electron chi connectivity index (χ1n) is 6.32. The molecule has 0 aromatic heterocycles. The molecular formula is C16H19NOS. The van der Waals surface area contributed by atoms with E-state index in [4.69, 9.17) is 4.74 Å². The van der Waals surface area contributed by atoms with Gasteiger partial charge in [0.25, 0.3) is 0 Å². The van der Waals surface area contributed by atoms with Gasteiger partial charge in [-0.2, -0.15) is 0 Å². The van der Waals surface area contributed by atoms with Crippen molar-refractivity contribution in [2.45, 2.75) is 22.8 Å². The zero-order valence-electron chi connectivity index (χ0n) is 11.5. The first-order valence-corrected chi connectivity index (χ1v) is 7.13. The maximum atomic E-state index is 5.24. The van der Waals surface area contributed by atoms with Gasteiger partial charge in [-0.05, 0) is 49.9 Å². The Morgan fingerprint density at radius 3 is 2.42 bits per heavy atom. The van der Waals surface area contributed by atoms with E-state index in [0.29, 0.717) is 6.04 Å². The minimum Gasteiger partial charge on any atom is -0.497 e. The molecule has 2 aromatic rings. The molecule has 2 nitrogen and oxygen atoms in total. The van der Waals surface area contributed by atoms with Crippen molar-refractivity contribution in [3.63, 3.8) is 0 Å². The van der Waals surface area contributed by atoms with E-state index in [1.807, 2.05) is 19.2 Å². The van der Waals surface area contributed by atoms with E-state index < -0.39 is 0 Å². The minimum absolute atomic E-state index is 0.385. The molecule has 0 radical (unpaired) electrons. The van der Waals surface area contributed by atoms with E-state index in [2.05, 4.69) is 48.6 Å². The number of rotatable bonds is 5. The molecule has 1 unspecified atom stereocenters. The van der Waals surface area contributed by atoms with E-state index in [1.165, 1.54) is 15.4 Å². The Kier molecular flexibility index (Phi) is 4.88. The number of hydrogen-bond acceptors (Lipinski definition) is 3. The van der Waals surface area contributed by atoms with Gasteiger partial charge in [-0.25, -0.2) is 0 Å². The van der Waals surface area contributed by atoms with Crippen LogP contribution in [0.25, 0.3) is 0 Å². The van der Waals surface area contributed by atoms with Gasteiger partial charge in [0.1, 0.15) is 5.75 Å². The van der Waals surface area contributed by atoms with Crippen molar-refractivity contribution >= 4 is 11.8 Å². The second-order valence-corrected chi connectivity index (χ2v) is 5.51. The van der Waals surface area contributed by atoms with Crippen LogP contribution in [-0.2, 0) is 0 Å². The van der Waals surface area contributed by atoms with Crippen LogP contribution in [0.2, 0.25) is 0 Å². The first kappa shape index (κ1) is 14.0. The summed E-state index contributed by atoms with van der Waals surface area (Å²) in [6.07, 6.45) is 0. The second kappa shape index (κ2) is 6.64. The fourth-order valence-electron chi connectivity index (χ4n) is 1.79. The molecule has 0 bridgehead atoms. The number of benzene rings is 2. The van der Waals surface area contributed by atoms with Crippen molar-refractivity contribution in [3.05, 3.63) is 54.1 Å². The summed E-state index contributed by atoms with van der Waals surface area (Å²) in [5.41, 5.74) is 1.30. The summed E-state index contributed by atoms with van der Waals surface area (Å²) in [6.45, 7) is 2.16. The van der Waals surface area contributed by atoms with Gasteiger partial charge in [0.2, 0.25) is 0 Å². The lowest BCUT2D eigenvalue weighted by Gasteiger charge is -2.11. The first-order chi connectivity index (χ1) is 9.22. The Morgan fingerprint density at radius 2 is 1.79 bits per heavy atom. The summed E-state index contributed by atoms with van der Waals surface area (Å²) in [5.74, 6) is 0.894. The number of methoxy groups -OCH3 is 1. The standard InChI is InChI=1S/C16H19NOS/c1-12(17-2)13-7-9-15(10-8-13)19-16-6-4-5-14(11-16)18-3/h4-12,17H,1-3H3. The Hall–Kier alpha value is -1.45. The Balaban J connectivity index is 2.10. The third kappa shape index (κ3) is 3.75. The Morgan fingerprint density at radius 1 is 1.05 bits per heavy atom. The highest BCUT2D eigenvalue weighted by molar-refractivity contribution is 7.99. The van der Waals surface area contributed by atoms with Crippen LogP contribution in [-0.4, -0.2) is 14.2 Å². The van der Waals surface area contributed by atoms with Gasteiger partial charge < -0.3 is 10.1 Å². The molecule has 1 atom stereocenters. The zero-order chi connectivity index (χ0) is 13.7. The van der Waals surface area contributed by atoms with Crippen LogP contribution < -0.4 is 10.1 Å². The molecular weight excluding hydrogens is 254 g/mol. The third-order valence-corrected chi connectivity index (χ3v) is 4.09. The fraction of sp³-hybridized carbons (Fsp3) is 0.250. The zero-order valence-corrected chi connectivity index (χ0v) is 12.3. The number of nitrogens with one attached hydrogen (secondary N) is 1. The van der Waals surface area contributed by atoms with Crippen LogP contribution in [0.4, 0.5) is 0 Å². The monoisotopic (exact) mass is 273 g/mol. The molecule has 3 heteroatoms. The molecule has 0 aliphatic heterocycles. The topological polar surface area (TPSA) is 21.3 Å². The molecule has 2 rings (SSSR count). The molecule has 0 spiro atoms. The van der Waals surface area contributed by atoms with Crippen LogP contribution in [0, 0.1) is 0 Å². The van der Waals surface area contributed by atoms with E-state index in [9.17, 15) is 0 Å². The predicted molar refractivity (Wildman–Crippen MR) is 81.0 cm³/mol. The Labute approximate surface area is 119 Å². The molecule has 19 heavy (non-hydrogen) atoms. The van der Waals surface area contributed by atoms with Crippen LogP contribution in [0.1, 0.15) is 18.5 Å². The predicted octanol–water partition coefficient (Wildman–Crippen LogP) is 4.13. The summed E-state index contributed by atoms with van der Waals surface area (Å²) < 4.78 is 5.24. The summed E-state index contributed by atoms with van der Waals surface area (Å²) in [4.78, 5) is 2.43. The summed E-state index contributed by atoms with van der Waals surface area (Å²) in [5, 5.41) is 3.24. The quantitative estimate of drug-likeness (QED) is 0.885. The average Bonchev–Trinajstić information content (AvgIpc) is 2.47. The fourth-order valence-corrected chi connectivity index (χ4v) is 2.66. The molecule has 0 saturated carbocycles. The van der Waals surface area contributed by atoms with Gasteiger partial charge in [-0.3, -0.25) is 0 Å². The van der Waals surface area contributed by atoms with Crippen LogP contribution in [0.5, 0.6) is 5.75 Å². The van der Waals surface area contributed by atoms with Gasteiger partial charge in [0.15, 0.2) is 0 Å². The van der Waals surface area contributed by atoms with Crippen LogP contribution in [0.3, 0.4) is 0 Å². The van der Waals surface area contributed by atoms with E-state index in [-0.39, 0.29) is 0 Å². The highest BCUT2D eigenvalue weighted by Crippen LogP contribution is 2.30. The van der Waals surface area contributed by atoms with Crippen molar-refractivity contribution in [2.75, 3.05) is 14.2 Å². The third-order valence-electron chi connectivity index (χ3n) is 3.09. The van der Waals surface area contributed by atoms with E-state index in [1.54, 1.807) is 18.9 Å². The van der Waals surface area contributed by atoms with Gasteiger partial charge in [-0.15, -0.1) is 0 Å². The van der Waals surface area contributed by atoms with Crippen molar-refractivity contribution in [1.29, 1.82) is 0 Å². The maximum absolute atomic E-state index is 5.24. The van der Waals surface area contributed by atoms with E-state index in [0.717, 1.165) is 5.75 Å². The lowest BCUT2D eigenvalue weighted by Crippen LogP contribution is -2.11. The summed E-state index contributed by atoms with van der Waals surface area (Å²) in [7, 11) is 3.67. The highest BCUT2D eigenvalue weighted by atomic mass is 32.2. The highest BCUT2D eigenvalue weighted by Gasteiger charge is 2.03. The SMILES string of the molecule is CNC(C)c1ccc(Sc2cccc(OC)c2)cc1. The lowest BCUT2D eigenvalue weighted by molar-refractivity contribution is 0.413. The molecule has 0 fully saturated rings. The molecule has 1 N–H and O–H groups in total. The van der Waals surface area contributed by atoms with Crippen molar-refractivity contribution < 1.29 is 4.74 Å². The molecule has 0 aliphatic rings. The largest absolute Gasteiger partial charge is 0.497 e. The Bertz CT molecular complexity index is 525. The molecule has 0 heterocycles. The number of hydrogen-bond donors (Lipinski definition) is 1. The summed E-state index contributed by atoms with van der Waals surface area (Å²) in [6, 6.07) is 17.2. The second-order valence-electron chi connectivity index (χ2n) is 4.36. The van der Waals surface area contributed by atoms with Gasteiger partial charge in [0, 0.05) is 15.8 Å². The average molecular weight is 273 g/mol. The van der Waals surface area contributed by atoms with E-state index >= 15 is 0 Å². The van der Waals surface area contributed by atoms with Crippen LogP contribution in [0.15, 0.2) is 58.3 Å². The maximum Gasteiger partial charge on any atom is 0.119 e. The molecule has 0 saturated heterocycles. The minimum atomic E-state index is 0.385. The van der Waals surface area contributed by atoms with Gasteiger partial charge in [-0.1, -0.05) is 30.0 Å². The van der Waals surface area contributed by atoms with Crippen molar-refractivity contribution in [3.8, 4) is 5.75 Å². The summed E-state index contributed by atoms with van der Waals surface area (Å²) >= 11 is 1.74. The van der Waals surface area contributed by atoms with Gasteiger partial charge in [0.05, 0.1) is 7.11 Å². The van der Waals surface area contributed by atoms with Crippen molar-refractivity contribution in [2.24, 2.45) is 0 Å². The normalized spacial score (nSPS) is 12.2. The van der Waals surface area contributed by atoms with Gasteiger partial charge >= 0.3 is 0 Å². The smallest absolute Gasteiger partial charge is 0.119 e. The van der Waals surface area contributed by atoms with Crippen LogP contribution >= 0.6 is 11.8 Å². The molecule has 100 valence electrons. The molecule has 0 aliphatic carbocycles. The molecule has 2 aromatic carbocycles. The molecule has 0 amide bonds. The van der Waals surface area contributed by atoms with Crippen molar-refractivity contribution in [1.82, 2.24) is 5.32 Å².